The van der Waals surface area contributed by atoms with E-state index in [9.17, 15) is 0 Å². The Morgan fingerprint density at radius 3 is 1.81 bits per heavy atom. The quantitative estimate of drug-likeness (QED) is 0.173. The summed E-state index contributed by atoms with van der Waals surface area (Å²) in [5, 5.41) is 1.64. The van der Waals surface area contributed by atoms with E-state index in [1.807, 2.05) is 6.07 Å². The number of allylic oxidation sites excluding steroid dienone is 1. The van der Waals surface area contributed by atoms with Crippen molar-refractivity contribution in [3.05, 3.63) is 145 Å². The zero-order valence-corrected chi connectivity index (χ0v) is 27.1. The summed E-state index contributed by atoms with van der Waals surface area (Å²) >= 11 is 21.1. The maximum Gasteiger partial charge on any atom is 0.0511 e. The predicted octanol–water partition coefficient (Wildman–Crippen LogP) is 13.2. The molecule has 42 heavy (non-hydrogen) atoms. The molecule has 0 aliphatic carbocycles. The summed E-state index contributed by atoms with van der Waals surface area (Å²) < 4.78 is 0. The van der Waals surface area contributed by atoms with Crippen molar-refractivity contribution >= 4 is 87.0 Å². The average molecular weight is 629 g/mol. The van der Waals surface area contributed by atoms with Crippen molar-refractivity contribution in [1.29, 1.82) is 0 Å². The van der Waals surface area contributed by atoms with Gasteiger partial charge in [-0.25, -0.2) is 0 Å². The van der Waals surface area contributed by atoms with Gasteiger partial charge in [-0.1, -0.05) is 110 Å². The van der Waals surface area contributed by atoms with Gasteiger partial charge < -0.3 is 4.90 Å². The van der Waals surface area contributed by atoms with Gasteiger partial charge in [0, 0.05) is 37.4 Å². The van der Waals surface area contributed by atoms with Crippen LogP contribution in [0.15, 0.2) is 103 Å². The summed E-state index contributed by atoms with van der Waals surface area (Å²) in [6.07, 6.45) is 6.49. The van der Waals surface area contributed by atoms with E-state index in [-0.39, 0.29) is 5.41 Å². The molecule has 0 unspecified atom stereocenters. The average Bonchev–Trinajstić information content (AvgIpc) is 3.40. The largest absolute Gasteiger partial charge is 0.311 e. The van der Waals surface area contributed by atoms with E-state index in [0.29, 0.717) is 15.1 Å². The normalized spacial score (nSPS) is 12.2. The standard InChI is InChI=1S/C37H32Cl3NS/c1-25-10-15-29(16-11-25)41(28-8-6-5-7-9-28)30-17-12-26(13-18-30)14-19-31-20-21-32(42-31)24-33(37(2,3)4)36-34(39)22-27(38)23-35(36)40/h5-24H,1-4H3. The second kappa shape index (κ2) is 12.9. The lowest BCUT2D eigenvalue weighted by molar-refractivity contribution is 0.569. The molecular weight excluding hydrogens is 597 g/mol. The molecular formula is C37H32Cl3NS. The molecule has 0 fully saturated rings. The summed E-state index contributed by atoms with van der Waals surface area (Å²) in [6, 6.07) is 35.5. The minimum absolute atomic E-state index is 0.172. The second-order valence-corrected chi connectivity index (χ2v) is 13.6. The van der Waals surface area contributed by atoms with Crippen LogP contribution in [0.2, 0.25) is 15.1 Å². The first-order valence-corrected chi connectivity index (χ1v) is 15.7. The molecule has 0 aliphatic heterocycles. The monoisotopic (exact) mass is 627 g/mol. The number of hydrogen-bond donors (Lipinski definition) is 0. The molecule has 0 aliphatic rings. The van der Waals surface area contributed by atoms with Gasteiger partial charge in [0.2, 0.25) is 0 Å². The van der Waals surface area contributed by atoms with E-state index in [1.54, 1.807) is 23.5 Å². The van der Waals surface area contributed by atoms with Crippen LogP contribution in [0.4, 0.5) is 17.1 Å². The predicted molar refractivity (Wildman–Crippen MR) is 188 cm³/mol. The number of benzene rings is 4. The van der Waals surface area contributed by atoms with Crippen LogP contribution in [0.1, 0.15) is 47.2 Å². The van der Waals surface area contributed by atoms with Gasteiger partial charge in [-0.15, -0.1) is 11.3 Å². The fourth-order valence-electron chi connectivity index (χ4n) is 4.77. The summed E-state index contributed by atoms with van der Waals surface area (Å²) in [5.74, 6) is 0. The van der Waals surface area contributed by atoms with Crippen LogP contribution in [-0.2, 0) is 0 Å². The molecule has 1 heterocycles. The molecule has 5 heteroatoms. The minimum atomic E-state index is -0.172. The number of halogens is 3. The molecule has 0 atom stereocenters. The molecule has 0 spiro atoms. The number of rotatable bonds is 7. The maximum atomic E-state index is 6.61. The number of nitrogens with zero attached hydrogens (tertiary/aromatic N) is 1. The number of para-hydroxylation sites is 1. The van der Waals surface area contributed by atoms with E-state index >= 15 is 0 Å². The third-order valence-electron chi connectivity index (χ3n) is 6.92. The molecule has 4 aromatic carbocycles. The zero-order valence-electron chi connectivity index (χ0n) is 24.0. The van der Waals surface area contributed by atoms with Crippen molar-refractivity contribution < 1.29 is 0 Å². The SMILES string of the molecule is Cc1ccc(N(c2ccccc2)c2ccc(C=Cc3ccc(C=C(c4c(Cl)cc(Cl)cc4Cl)C(C)(C)C)s3)cc2)cc1. The van der Waals surface area contributed by atoms with Gasteiger partial charge in [0.15, 0.2) is 0 Å². The molecule has 0 N–H and O–H groups in total. The van der Waals surface area contributed by atoms with Crippen molar-refractivity contribution in [3.63, 3.8) is 0 Å². The van der Waals surface area contributed by atoms with Crippen molar-refractivity contribution in [2.45, 2.75) is 27.7 Å². The van der Waals surface area contributed by atoms with Gasteiger partial charge in [0.25, 0.3) is 0 Å². The van der Waals surface area contributed by atoms with Gasteiger partial charge in [0.05, 0.1) is 10.0 Å². The molecule has 0 saturated carbocycles. The molecule has 5 rings (SSSR count). The highest BCUT2D eigenvalue weighted by Gasteiger charge is 2.24. The Hall–Kier alpha value is -3.27. The Balaban J connectivity index is 1.39. The van der Waals surface area contributed by atoms with E-state index in [0.717, 1.165) is 43.5 Å². The number of anilines is 3. The lowest BCUT2D eigenvalue weighted by atomic mass is 9.81. The first-order chi connectivity index (χ1) is 20.1. The van der Waals surface area contributed by atoms with Gasteiger partial charge >= 0.3 is 0 Å². The van der Waals surface area contributed by atoms with Crippen molar-refractivity contribution in [2.75, 3.05) is 4.90 Å². The molecule has 212 valence electrons. The number of hydrogen-bond acceptors (Lipinski definition) is 2. The number of thiophene rings is 1. The molecule has 0 radical (unpaired) electrons. The highest BCUT2D eigenvalue weighted by atomic mass is 35.5. The lowest BCUT2D eigenvalue weighted by Crippen LogP contribution is -2.09. The van der Waals surface area contributed by atoms with Crippen LogP contribution in [0.3, 0.4) is 0 Å². The van der Waals surface area contributed by atoms with Gasteiger partial charge in [0.1, 0.15) is 0 Å². The van der Waals surface area contributed by atoms with Crippen LogP contribution in [0, 0.1) is 12.3 Å². The Morgan fingerprint density at radius 2 is 1.21 bits per heavy atom. The van der Waals surface area contributed by atoms with Crippen molar-refractivity contribution in [2.24, 2.45) is 5.41 Å². The van der Waals surface area contributed by atoms with Crippen LogP contribution in [0.5, 0.6) is 0 Å². The Kier molecular flexibility index (Phi) is 9.30. The lowest BCUT2D eigenvalue weighted by Gasteiger charge is -2.25. The molecule has 1 nitrogen and oxygen atoms in total. The third-order valence-corrected chi connectivity index (χ3v) is 8.73. The van der Waals surface area contributed by atoms with Crippen molar-refractivity contribution in [1.82, 2.24) is 0 Å². The van der Waals surface area contributed by atoms with Crippen LogP contribution in [-0.4, -0.2) is 0 Å². The Bertz CT molecular complexity index is 1700. The first-order valence-electron chi connectivity index (χ1n) is 13.8. The second-order valence-electron chi connectivity index (χ2n) is 11.2. The van der Waals surface area contributed by atoms with E-state index < -0.39 is 0 Å². The van der Waals surface area contributed by atoms with E-state index in [2.05, 4.69) is 136 Å². The molecule has 0 amide bonds. The molecule has 5 aromatic rings. The fourth-order valence-corrected chi connectivity index (χ4v) is 6.65. The molecule has 0 bridgehead atoms. The van der Waals surface area contributed by atoms with Gasteiger partial charge in [-0.3, -0.25) is 0 Å². The minimum Gasteiger partial charge on any atom is -0.311 e. The van der Waals surface area contributed by atoms with Crippen LogP contribution >= 0.6 is 46.1 Å². The van der Waals surface area contributed by atoms with Gasteiger partial charge in [-0.05, 0) is 96.3 Å². The van der Waals surface area contributed by atoms with Crippen LogP contribution < -0.4 is 4.90 Å². The maximum absolute atomic E-state index is 6.61. The fraction of sp³-hybridized carbons (Fsp3) is 0.135. The summed E-state index contributed by atoms with van der Waals surface area (Å²) in [5.41, 5.74) is 7.47. The van der Waals surface area contributed by atoms with Crippen molar-refractivity contribution in [3.8, 4) is 0 Å². The van der Waals surface area contributed by atoms with Gasteiger partial charge in [-0.2, -0.15) is 0 Å². The zero-order chi connectivity index (χ0) is 29.9. The van der Waals surface area contributed by atoms with Crippen LogP contribution in [0.25, 0.3) is 23.8 Å². The van der Waals surface area contributed by atoms with E-state index in [4.69, 9.17) is 34.8 Å². The summed E-state index contributed by atoms with van der Waals surface area (Å²) in [6.45, 7) is 8.60. The third kappa shape index (κ3) is 7.19. The summed E-state index contributed by atoms with van der Waals surface area (Å²) in [4.78, 5) is 4.57. The smallest absolute Gasteiger partial charge is 0.0511 e. The Morgan fingerprint density at radius 1 is 0.667 bits per heavy atom. The molecule has 1 aromatic heterocycles. The molecule has 0 saturated heterocycles. The summed E-state index contributed by atoms with van der Waals surface area (Å²) in [7, 11) is 0. The van der Waals surface area contributed by atoms with E-state index in [1.165, 1.54) is 5.56 Å². The first kappa shape index (κ1) is 30.2. The Labute approximate surface area is 268 Å². The topological polar surface area (TPSA) is 3.24 Å². The number of aryl methyl sites for hydroxylation is 1. The highest BCUT2D eigenvalue weighted by Crippen LogP contribution is 2.44. The highest BCUT2D eigenvalue weighted by molar-refractivity contribution is 7.13.